The van der Waals surface area contributed by atoms with E-state index < -0.39 is 11.2 Å². The fourth-order valence-corrected chi connectivity index (χ4v) is 6.21. The summed E-state index contributed by atoms with van der Waals surface area (Å²) in [5.41, 5.74) is 1.47. The third-order valence-electron chi connectivity index (χ3n) is 8.30. The first-order chi connectivity index (χ1) is 18.3. The quantitative estimate of drug-likeness (QED) is 0.530. The Hall–Kier alpha value is -3.42. The lowest BCUT2D eigenvalue weighted by Gasteiger charge is -2.29. The second-order valence-corrected chi connectivity index (χ2v) is 11.3. The highest BCUT2D eigenvalue weighted by molar-refractivity contribution is 6.33. The van der Waals surface area contributed by atoms with Gasteiger partial charge in [0.05, 0.1) is 17.0 Å². The lowest BCUT2D eigenvalue weighted by atomic mass is 9.94. The molecule has 2 saturated carbocycles. The number of para-hydroxylation sites is 1. The van der Waals surface area contributed by atoms with E-state index in [1.54, 1.807) is 0 Å². The Labute approximate surface area is 223 Å². The highest BCUT2D eigenvalue weighted by Crippen LogP contribution is 2.34. The molecule has 0 radical (unpaired) electrons. The van der Waals surface area contributed by atoms with E-state index in [2.05, 4.69) is 5.10 Å². The smallest absolute Gasteiger partial charge is 0.334 e. The van der Waals surface area contributed by atoms with Gasteiger partial charge in [0.25, 0.3) is 11.5 Å². The van der Waals surface area contributed by atoms with Crippen molar-refractivity contribution in [3.63, 3.8) is 0 Å². The van der Waals surface area contributed by atoms with Crippen LogP contribution in [-0.4, -0.2) is 25.9 Å². The van der Waals surface area contributed by atoms with Gasteiger partial charge >= 0.3 is 5.69 Å². The molecule has 1 aromatic carbocycles. The first-order valence-electron chi connectivity index (χ1n) is 14.1. The van der Waals surface area contributed by atoms with Gasteiger partial charge in [-0.1, -0.05) is 70.6 Å². The number of hydrogen-bond acceptors (Lipinski definition) is 5. The number of anilines is 1. The minimum absolute atomic E-state index is 0.00378. The summed E-state index contributed by atoms with van der Waals surface area (Å²) in [4.78, 5) is 41.4. The normalized spacial score (nSPS) is 20.5. The van der Waals surface area contributed by atoms with Crippen molar-refractivity contribution < 1.29 is 9.90 Å². The molecule has 0 unspecified atom stereocenters. The molecule has 2 aliphatic carbocycles. The van der Waals surface area contributed by atoms with Gasteiger partial charge in [0, 0.05) is 12.1 Å². The Bertz CT molecular complexity index is 1400. The summed E-state index contributed by atoms with van der Waals surface area (Å²) in [5.74, 6) is -0.774. The highest BCUT2D eigenvalue weighted by Gasteiger charge is 2.35. The number of aromatic nitrogens is 2. The molecule has 2 fully saturated rings. The van der Waals surface area contributed by atoms with Gasteiger partial charge in [0.2, 0.25) is 5.88 Å². The molecule has 202 valence electrons. The molecule has 1 aliphatic heterocycles. The molecule has 38 heavy (non-hydrogen) atoms. The predicted molar refractivity (Wildman–Crippen MR) is 150 cm³/mol. The van der Waals surface area contributed by atoms with Crippen LogP contribution in [-0.2, 0) is 4.79 Å². The van der Waals surface area contributed by atoms with Gasteiger partial charge in [-0.15, -0.1) is 0 Å². The number of hydrogen-bond donors (Lipinski definition) is 1. The molecule has 3 aliphatic rings. The maximum absolute atomic E-state index is 13.9. The largest absolute Gasteiger partial charge is 0.494 e. The lowest BCUT2D eigenvalue weighted by molar-refractivity contribution is -0.114. The number of aromatic hydroxyl groups is 1. The molecule has 0 saturated heterocycles. The van der Waals surface area contributed by atoms with Gasteiger partial charge in [-0.3, -0.25) is 18.7 Å². The number of rotatable bonds is 5. The number of hydrazone groups is 1. The van der Waals surface area contributed by atoms with E-state index in [0.29, 0.717) is 11.4 Å². The van der Waals surface area contributed by atoms with Crippen molar-refractivity contribution in [2.45, 2.75) is 97.1 Å². The van der Waals surface area contributed by atoms with Crippen molar-refractivity contribution in [2.24, 2.45) is 11.0 Å². The Kier molecular flexibility index (Phi) is 7.41. The fourth-order valence-electron chi connectivity index (χ4n) is 6.21. The zero-order chi connectivity index (χ0) is 27.0. The maximum Gasteiger partial charge on any atom is 0.334 e. The zero-order valence-electron chi connectivity index (χ0n) is 22.7. The van der Waals surface area contributed by atoms with Crippen molar-refractivity contribution in [3.8, 4) is 5.88 Å². The van der Waals surface area contributed by atoms with Crippen molar-refractivity contribution in [1.29, 1.82) is 0 Å². The molecule has 0 atom stereocenters. The van der Waals surface area contributed by atoms with E-state index in [-0.39, 0.29) is 40.9 Å². The van der Waals surface area contributed by atoms with E-state index in [4.69, 9.17) is 0 Å². The Morgan fingerprint density at radius 1 is 0.895 bits per heavy atom. The van der Waals surface area contributed by atoms with Gasteiger partial charge in [0.1, 0.15) is 5.56 Å². The van der Waals surface area contributed by atoms with Crippen molar-refractivity contribution in [3.05, 3.63) is 61.8 Å². The summed E-state index contributed by atoms with van der Waals surface area (Å²) in [6.45, 7) is 5.82. The molecule has 8 nitrogen and oxygen atoms in total. The maximum atomic E-state index is 13.9. The number of carbonyl (C=O) groups is 1. The number of amides is 1. The summed E-state index contributed by atoms with van der Waals surface area (Å²) in [6, 6.07) is 7.17. The molecule has 2 aromatic rings. The van der Waals surface area contributed by atoms with Gasteiger partial charge in [-0.2, -0.15) is 10.1 Å². The topological polar surface area (TPSA) is 96.9 Å². The number of nitrogens with zero attached hydrogens (tertiary/aromatic N) is 4. The second-order valence-electron chi connectivity index (χ2n) is 11.3. The van der Waals surface area contributed by atoms with Gasteiger partial charge in [-0.25, -0.2) is 4.79 Å². The fraction of sp³-hybridized carbons (Fsp3) is 0.533. The molecule has 5 rings (SSSR count). The first kappa shape index (κ1) is 26.2. The average molecular weight is 519 g/mol. The van der Waals surface area contributed by atoms with Crippen LogP contribution in [0, 0.1) is 12.8 Å². The van der Waals surface area contributed by atoms with Crippen LogP contribution in [0.3, 0.4) is 0 Å². The SMILES string of the molecule is Cc1ccccc1N1N=C(C(C)C)/C(=C/c2c(O)n(C3CCCCC3)c(=O)n(C3CCCCC3)c2=O)C1=O. The predicted octanol–water partition coefficient (Wildman–Crippen LogP) is 5.48. The van der Waals surface area contributed by atoms with E-state index >= 15 is 0 Å². The summed E-state index contributed by atoms with van der Waals surface area (Å²) in [5, 5.41) is 17.5. The van der Waals surface area contributed by atoms with Crippen LogP contribution >= 0.6 is 0 Å². The minimum Gasteiger partial charge on any atom is -0.494 e. The van der Waals surface area contributed by atoms with Gasteiger partial charge < -0.3 is 5.11 Å². The van der Waals surface area contributed by atoms with Gasteiger partial charge in [-0.05, 0) is 56.2 Å². The summed E-state index contributed by atoms with van der Waals surface area (Å²) < 4.78 is 2.80. The Morgan fingerprint density at radius 2 is 1.47 bits per heavy atom. The van der Waals surface area contributed by atoms with E-state index in [1.807, 2.05) is 45.0 Å². The number of carbonyl (C=O) groups excluding carboxylic acids is 1. The zero-order valence-corrected chi connectivity index (χ0v) is 22.7. The molecular weight excluding hydrogens is 480 g/mol. The molecular formula is C30H38N4O4. The summed E-state index contributed by atoms with van der Waals surface area (Å²) >= 11 is 0. The Balaban J connectivity index is 1.69. The van der Waals surface area contributed by atoms with E-state index in [1.165, 1.54) is 20.2 Å². The number of benzene rings is 1. The third kappa shape index (κ3) is 4.65. The van der Waals surface area contributed by atoms with Gasteiger partial charge in [0.15, 0.2) is 0 Å². The standard InChI is InChI=1S/C30H38N4O4/c1-19(2)26-23(29(37)34(31-26)25-17-11-10-12-20(25)3)18-24-27(35)32(21-13-6-4-7-14-21)30(38)33(28(24)36)22-15-8-5-9-16-22/h10-12,17-19,21-22,35H,4-9,13-16H2,1-3H3/b23-18-. The lowest BCUT2D eigenvalue weighted by Crippen LogP contribution is -2.45. The van der Waals surface area contributed by atoms with Crippen LogP contribution in [0.1, 0.15) is 101 Å². The van der Waals surface area contributed by atoms with Crippen LogP contribution < -0.4 is 16.3 Å². The molecule has 1 amide bonds. The van der Waals surface area contributed by atoms with Crippen LogP contribution in [0.4, 0.5) is 5.69 Å². The molecule has 1 N–H and O–H groups in total. The van der Waals surface area contributed by atoms with Crippen LogP contribution in [0.5, 0.6) is 5.88 Å². The summed E-state index contributed by atoms with van der Waals surface area (Å²) in [6.07, 6.45) is 10.6. The highest BCUT2D eigenvalue weighted by atomic mass is 16.3. The second kappa shape index (κ2) is 10.8. The van der Waals surface area contributed by atoms with E-state index in [9.17, 15) is 19.5 Å². The number of aryl methyl sites for hydroxylation is 1. The molecule has 1 aromatic heterocycles. The molecule has 0 bridgehead atoms. The van der Waals surface area contributed by atoms with Crippen molar-refractivity contribution in [2.75, 3.05) is 5.01 Å². The first-order valence-corrected chi connectivity index (χ1v) is 14.1. The van der Waals surface area contributed by atoms with Crippen molar-refractivity contribution in [1.82, 2.24) is 9.13 Å². The average Bonchev–Trinajstić information content (AvgIpc) is 3.24. The summed E-state index contributed by atoms with van der Waals surface area (Å²) in [7, 11) is 0. The molecule has 0 spiro atoms. The third-order valence-corrected chi connectivity index (χ3v) is 8.30. The van der Waals surface area contributed by atoms with Crippen LogP contribution in [0.15, 0.2) is 44.5 Å². The van der Waals surface area contributed by atoms with Crippen LogP contribution in [0.2, 0.25) is 0 Å². The minimum atomic E-state index is -0.524. The molecule has 2 heterocycles. The van der Waals surface area contributed by atoms with Crippen molar-refractivity contribution >= 4 is 23.4 Å². The molecule has 8 heteroatoms. The van der Waals surface area contributed by atoms with Crippen LogP contribution in [0.25, 0.3) is 6.08 Å². The monoisotopic (exact) mass is 518 g/mol. The Morgan fingerprint density at radius 3 is 2.05 bits per heavy atom. The van der Waals surface area contributed by atoms with E-state index in [0.717, 1.165) is 69.8 Å².